The van der Waals surface area contributed by atoms with E-state index in [4.69, 9.17) is 9.15 Å². The molecular weight excluding hydrogens is 322 g/mol. The van der Waals surface area contributed by atoms with Crippen molar-refractivity contribution in [3.8, 4) is 23.1 Å². The van der Waals surface area contributed by atoms with E-state index in [1.165, 1.54) is 0 Å². The van der Waals surface area contributed by atoms with Crippen molar-refractivity contribution in [3.63, 3.8) is 0 Å². The monoisotopic (exact) mass is 335 g/mol. The molecule has 0 aliphatic heterocycles. The largest absolute Gasteiger partial charge is 0.495 e. The smallest absolute Gasteiger partial charge is 0.227 e. The average molecular weight is 335 g/mol. The van der Waals surface area contributed by atoms with Crippen molar-refractivity contribution in [1.82, 2.24) is 9.97 Å². The molecule has 0 saturated heterocycles. The quantitative estimate of drug-likeness (QED) is 0.535. The summed E-state index contributed by atoms with van der Waals surface area (Å²) in [5.74, 6) is 0.665. The minimum absolute atomic E-state index is 0.490. The standard InChI is InChI=1S/C18H13N3O2S/c1-9-12(7-19)16-15(11-5-4-6-20-18(11)23-16)17(22-3)14(9)13-8-24-10(2)21-13/h4-6,8H,1-3H3. The van der Waals surface area contributed by atoms with Crippen LogP contribution in [-0.2, 0) is 0 Å². The predicted molar refractivity (Wildman–Crippen MR) is 93.4 cm³/mol. The minimum atomic E-state index is 0.490. The molecule has 0 N–H and O–H groups in total. The van der Waals surface area contributed by atoms with Gasteiger partial charge in [-0.05, 0) is 31.5 Å². The van der Waals surface area contributed by atoms with Crippen molar-refractivity contribution in [2.24, 2.45) is 0 Å². The van der Waals surface area contributed by atoms with Gasteiger partial charge < -0.3 is 9.15 Å². The lowest BCUT2D eigenvalue weighted by Crippen LogP contribution is -1.96. The number of methoxy groups -OCH3 is 1. The summed E-state index contributed by atoms with van der Waals surface area (Å²) < 4.78 is 11.6. The molecular formula is C18H13N3O2S. The third kappa shape index (κ3) is 1.92. The van der Waals surface area contributed by atoms with Gasteiger partial charge >= 0.3 is 0 Å². The number of aromatic nitrogens is 2. The van der Waals surface area contributed by atoms with E-state index in [-0.39, 0.29) is 0 Å². The normalized spacial score (nSPS) is 11.1. The van der Waals surface area contributed by atoms with Crippen LogP contribution < -0.4 is 4.74 Å². The number of hydrogen-bond donors (Lipinski definition) is 0. The molecule has 5 nitrogen and oxygen atoms in total. The van der Waals surface area contributed by atoms with E-state index in [0.29, 0.717) is 22.6 Å². The van der Waals surface area contributed by atoms with Gasteiger partial charge in [-0.25, -0.2) is 9.97 Å². The van der Waals surface area contributed by atoms with Crippen LogP contribution in [-0.4, -0.2) is 17.1 Å². The second kappa shape index (κ2) is 5.32. The summed E-state index contributed by atoms with van der Waals surface area (Å²) in [6.07, 6.45) is 1.67. The number of benzene rings is 1. The molecule has 0 saturated carbocycles. The lowest BCUT2D eigenvalue weighted by molar-refractivity contribution is 0.421. The molecule has 0 spiro atoms. The first kappa shape index (κ1) is 14.7. The number of rotatable bonds is 2. The van der Waals surface area contributed by atoms with Crippen molar-refractivity contribution in [3.05, 3.63) is 39.8 Å². The van der Waals surface area contributed by atoms with Gasteiger partial charge in [-0.15, -0.1) is 11.3 Å². The molecule has 1 aromatic carbocycles. The summed E-state index contributed by atoms with van der Waals surface area (Å²) in [5.41, 5.74) is 3.93. The first-order valence-corrected chi connectivity index (χ1v) is 8.24. The minimum Gasteiger partial charge on any atom is -0.495 e. The summed E-state index contributed by atoms with van der Waals surface area (Å²) in [4.78, 5) is 8.84. The van der Waals surface area contributed by atoms with Gasteiger partial charge in [0.1, 0.15) is 11.8 Å². The van der Waals surface area contributed by atoms with Crippen LogP contribution in [0.2, 0.25) is 0 Å². The van der Waals surface area contributed by atoms with Crippen LogP contribution >= 0.6 is 11.3 Å². The van der Waals surface area contributed by atoms with Crippen molar-refractivity contribution in [1.29, 1.82) is 5.26 Å². The average Bonchev–Trinajstić information content (AvgIpc) is 3.17. The van der Waals surface area contributed by atoms with Gasteiger partial charge in [0.25, 0.3) is 0 Å². The number of thiazole rings is 1. The second-order valence-electron chi connectivity index (χ2n) is 5.43. The van der Waals surface area contributed by atoms with Crippen LogP contribution in [0.3, 0.4) is 0 Å². The van der Waals surface area contributed by atoms with Gasteiger partial charge in [-0.2, -0.15) is 5.26 Å². The Balaban J connectivity index is 2.26. The van der Waals surface area contributed by atoms with E-state index < -0.39 is 0 Å². The molecule has 118 valence electrons. The van der Waals surface area contributed by atoms with E-state index in [1.807, 2.05) is 31.4 Å². The highest BCUT2D eigenvalue weighted by molar-refractivity contribution is 7.09. The first-order valence-electron chi connectivity index (χ1n) is 7.36. The van der Waals surface area contributed by atoms with E-state index in [9.17, 15) is 5.26 Å². The maximum absolute atomic E-state index is 9.69. The molecule has 4 rings (SSSR count). The molecule has 0 atom stereocenters. The van der Waals surface area contributed by atoms with E-state index in [1.54, 1.807) is 24.6 Å². The fourth-order valence-corrected chi connectivity index (χ4v) is 3.65. The molecule has 0 fully saturated rings. The number of pyridine rings is 1. The third-order valence-electron chi connectivity index (χ3n) is 4.09. The van der Waals surface area contributed by atoms with Gasteiger partial charge in [0, 0.05) is 17.1 Å². The molecule has 0 amide bonds. The maximum atomic E-state index is 9.69. The third-order valence-corrected chi connectivity index (χ3v) is 4.86. The molecule has 0 aliphatic rings. The molecule has 3 heterocycles. The van der Waals surface area contributed by atoms with E-state index in [2.05, 4.69) is 16.0 Å². The van der Waals surface area contributed by atoms with Crippen LogP contribution in [0.4, 0.5) is 0 Å². The van der Waals surface area contributed by atoms with Crippen molar-refractivity contribution < 1.29 is 9.15 Å². The number of nitriles is 1. The van der Waals surface area contributed by atoms with Crippen LogP contribution in [0.5, 0.6) is 5.75 Å². The van der Waals surface area contributed by atoms with E-state index >= 15 is 0 Å². The number of ether oxygens (including phenoxy) is 1. The Morgan fingerprint density at radius 1 is 1.33 bits per heavy atom. The van der Waals surface area contributed by atoms with Crippen LogP contribution in [0.1, 0.15) is 16.1 Å². The number of fused-ring (bicyclic) bond motifs is 3. The molecule has 24 heavy (non-hydrogen) atoms. The Morgan fingerprint density at radius 3 is 2.83 bits per heavy atom. The molecule has 0 aliphatic carbocycles. The Kier molecular flexibility index (Phi) is 3.25. The van der Waals surface area contributed by atoms with E-state index in [0.717, 1.165) is 32.6 Å². The summed E-state index contributed by atoms with van der Waals surface area (Å²) in [7, 11) is 1.62. The zero-order valence-corrected chi connectivity index (χ0v) is 14.2. The fourth-order valence-electron chi connectivity index (χ4n) is 3.05. The number of hydrogen-bond acceptors (Lipinski definition) is 6. The predicted octanol–water partition coefficient (Wildman–Crippen LogP) is 4.60. The highest BCUT2D eigenvalue weighted by Gasteiger charge is 2.25. The Bertz CT molecular complexity index is 1130. The first-order chi connectivity index (χ1) is 11.7. The van der Waals surface area contributed by atoms with Crippen molar-refractivity contribution in [2.45, 2.75) is 13.8 Å². The maximum Gasteiger partial charge on any atom is 0.227 e. The van der Waals surface area contributed by atoms with Crippen molar-refractivity contribution >= 4 is 33.4 Å². The van der Waals surface area contributed by atoms with Crippen molar-refractivity contribution in [2.75, 3.05) is 7.11 Å². The van der Waals surface area contributed by atoms with Gasteiger partial charge in [0.2, 0.25) is 5.71 Å². The second-order valence-corrected chi connectivity index (χ2v) is 6.50. The number of furan rings is 1. The molecule has 0 bridgehead atoms. The Hall–Kier alpha value is -2.91. The summed E-state index contributed by atoms with van der Waals surface area (Å²) in [6.45, 7) is 3.85. The topological polar surface area (TPSA) is 71.9 Å². The SMILES string of the molecule is COc1c(-c2csc(C)n2)c(C)c(C#N)c2oc3ncccc3c12. The molecule has 0 unspecified atom stereocenters. The molecule has 0 radical (unpaired) electrons. The van der Waals surface area contributed by atoms with Gasteiger partial charge in [-0.1, -0.05) is 0 Å². The lowest BCUT2D eigenvalue weighted by Gasteiger charge is -2.13. The molecule has 4 aromatic rings. The number of nitrogens with zero attached hydrogens (tertiary/aromatic N) is 3. The Labute approximate surface area is 142 Å². The van der Waals surface area contributed by atoms with Gasteiger partial charge in [-0.3, -0.25) is 0 Å². The highest BCUT2D eigenvalue weighted by atomic mass is 32.1. The summed E-state index contributed by atoms with van der Waals surface area (Å²) in [5, 5.41) is 14.2. The fraction of sp³-hybridized carbons (Fsp3) is 0.167. The molecule has 3 aromatic heterocycles. The molecule has 6 heteroatoms. The number of aryl methyl sites for hydroxylation is 1. The van der Waals surface area contributed by atoms with Gasteiger partial charge in [0.15, 0.2) is 5.58 Å². The van der Waals surface area contributed by atoms with Gasteiger partial charge in [0.05, 0.1) is 34.1 Å². The van der Waals surface area contributed by atoms with Crippen LogP contribution in [0, 0.1) is 25.2 Å². The van der Waals surface area contributed by atoms with Crippen LogP contribution in [0.15, 0.2) is 28.1 Å². The zero-order valence-electron chi connectivity index (χ0n) is 13.4. The van der Waals surface area contributed by atoms with Crippen LogP contribution in [0.25, 0.3) is 33.3 Å². The summed E-state index contributed by atoms with van der Waals surface area (Å²) >= 11 is 1.57. The summed E-state index contributed by atoms with van der Waals surface area (Å²) in [6, 6.07) is 6.03. The lowest BCUT2D eigenvalue weighted by atomic mass is 9.96. The highest BCUT2D eigenvalue weighted by Crippen LogP contribution is 2.45. The Morgan fingerprint density at radius 2 is 2.17 bits per heavy atom. The zero-order chi connectivity index (χ0) is 16.8.